The summed E-state index contributed by atoms with van der Waals surface area (Å²) in [6.07, 6.45) is 1.13. The summed E-state index contributed by atoms with van der Waals surface area (Å²) in [6, 6.07) is 9.87. The highest BCUT2D eigenvalue weighted by Gasteiger charge is 2.45. The van der Waals surface area contributed by atoms with Crippen LogP contribution >= 0.6 is 0 Å². The number of benzene rings is 1. The van der Waals surface area contributed by atoms with E-state index in [9.17, 15) is 15.0 Å². The second kappa shape index (κ2) is 9.29. The molecule has 0 aliphatic carbocycles. The van der Waals surface area contributed by atoms with Crippen molar-refractivity contribution in [3.63, 3.8) is 0 Å². The summed E-state index contributed by atoms with van der Waals surface area (Å²) in [5, 5.41) is 24.1. The van der Waals surface area contributed by atoms with E-state index in [0.717, 1.165) is 25.1 Å². The predicted molar refractivity (Wildman–Crippen MR) is 98.3 cm³/mol. The van der Waals surface area contributed by atoms with Gasteiger partial charge < -0.3 is 25.3 Å². The molecule has 0 radical (unpaired) electrons. The molecular weight excluding hydrogens is 318 g/mol. The maximum absolute atomic E-state index is 12.4. The maximum Gasteiger partial charge on any atom is 0.223 e. The van der Waals surface area contributed by atoms with Crippen molar-refractivity contribution < 1.29 is 15.0 Å². The summed E-state index contributed by atoms with van der Waals surface area (Å²) in [5.41, 5.74) is -0.144. The van der Waals surface area contributed by atoms with Crippen molar-refractivity contribution in [3.05, 3.63) is 35.9 Å². The molecule has 2 atom stereocenters. The van der Waals surface area contributed by atoms with Gasteiger partial charge in [-0.1, -0.05) is 30.3 Å². The van der Waals surface area contributed by atoms with Crippen molar-refractivity contribution in [1.82, 2.24) is 15.1 Å². The van der Waals surface area contributed by atoms with Crippen LogP contribution in [0.4, 0.5) is 0 Å². The van der Waals surface area contributed by atoms with Crippen molar-refractivity contribution >= 4 is 5.91 Å². The third-order valence-corrected chi connectivity index (χ3v) is 4.69. The molecule has 140 valence electrons. The number of rotatable bonds is 9. The Labute approximate surface area is 150 Å². The molecule has 1 fully saturated rings. The van der Waals surface area contributed by atoms with Gasteiger partial charge in [-0.25, -0.2) is 0 Å². The lowest BCUT2D eigenvalue weighted by Gasteiger charge is -2.26. The van der Waals surface area contributed by atoms with Gasteiger partial charge in [-0.05, 0) is 45.6 Å². The van der Waals surface area contributed by atoms with E-state index < -0.39 is 11.7 Å². The van der Waals surface area contributed by atoms with E-state index in [2.05, 4.69) is 10.2 Å². The first-order valence-corrected chi connectivity index (χ1v) is 8.98. The van der Waals surface area contributed by atoms with Crippen LogP contribution in [0.3, 0.4) is 0 Å². The first kappa shape index (κ1) is 19.8. The number of nitrogens with zero attached hydrogens (tertiary/aromatic N) is 2. The molecule has 0 aromatic heterocycles. The smallest absolute Gasteiger partial charge is 0.223 e. The van der Waals surface area contributed by atoms with Crippen LogP contribution in [0.1, 0.15) is 18.4 Å². The Morgan fingerprint density at radius 2 is 2.08 bits per heavy atom. The summed E-state index contributed by atoms with van der Waals surface area (Å²) in [7, 11) is 4.04. The first-order valence-electron chi connectivity index (χ1n) is 8.98. The fourth-order valence-corrected chi connectivity index (χ4v) is 3.12. The van der Waals surface area contributed by atoms with Gasteiger partial charge in [-0.15, -0.1) is 0 Å². The van der Waals surface area contributed by atoms with Crippen LogP contribution in [0.5, 0.6) is 0 Å². The lowest BCUT2D eigenvalue weighted by molar-refractivity contribution is -0.131. The Hall–Kier alpha value is -1.47. The molecule has 0 saturated carbocycles. The number of β-amino-alcohol motifs (C(OH)–C–C–N with tert-alkyl or cyclic N) is 2. The summed E-state index contributed by atoms with van der Waals surface area (Å²) in [5.74, 6) is -0.0218. The number of aliphatic hydroxyl groups is 2. The molecule has 1 amide bonds. The van der Waals surface area contributed by atoms with Gasteiger partial charge in [-0.2, -0.15) is 0 Å². The Bertz CT molecular complexity index is 538. The largest absolute Gasteiger partial charge is 0.388 e. The van der Waals surface area contributed by atoms with Crippen LogP contribution < -0.4 is 5.32 Å². The molecule has 25 heavy (non-hydrogen) atoms. The van der Waals surface area contributed by atoms with Gasteiger partial charge >= 0.3 is 0 Å². The molecule has 1 aromatic carbocycles. The fourth-order valence-electron chi connectivity index (χ4n) is 3.12. The zero-order valence-corrected chi connectivity index (χ0v) is 15.3. The summed E-state index contributed by atoms with van der Waals surface area (Å²) >= 11 is 0. The van der Waals surface area contributed by atoms with Crippen molar-refractivity contribution in [1.29, 1.82) is 0 Å². The lowest BCUT2D eigenvalue weighted by Crippen LogP contribution is -2.50. The van der Waals surface area contributed by atoms with Crippen molar-refractivity contribution in [2.24, 2.45) is 0 Å². The number of aryl methyl sites for hydroxylation is 1. The molecule has 1 aliphatic heterocycles. The highest BCUT2D eigenvalue weighted by Crippen LogP contribution is 2.22. The molecule has 1 aliphatic rings. The van der Waals surface area contributed by atoms with E-state index in [1.807, 2.05) is 44.4 Å². The van der Waals surface area contributed by atoms with Crippen molar-refractivity contribution in [2.75, 3.05) is 46.8 Å². The van der Waals surface area contributed by atoms with Crippen LogP contribution in [0.15, 0.2) is 30.3 Å². The van der Waals surface area contributed by atoms with E-state index in [-0.39, 0.29) is 19.0 Å². The third kappa shape index (κ3) is 6.08. The second-order valence-electron chi connectivity index (χ2n) is 7.21. The molecule has 0 bridgehead atoms. The summed E-state index contributed by atoms with van der Waals surface area (Å²) in [6.45, 7) is 2.42. The molecule has 1 saturated heterocycles. The van der Waals surface area contributed by atoms with E-state index in [4.69, 9.17) is 0 Å². The van der Waals surface area contributed by atoms with Crippen LogP contribution in [0.2, 0.25) is 0 Å². The molecule has 1 aromatic rings. The quantitative estimate of drug-likeness (QED) is 0.551. The number of hydrogen-bond donors (Lipinski definition) is 3. The number of likely N-dealkylation sites (tertiary alicyclic amines) is 1. The van der Waals surface area contributed by atoms with E-state index >= 15 is 0 Å². The molecule has 6 nitrogen and oxygen atoms in total. The minimum atomic E-state index is -1.26. The van der Waals surface area contributed by atoms with Gasteiger partial charge in [0.05, 0.1) is 6.54 Å². The number of carbonyl (C=O) groups is 1. The molecular formula is C19H31N3O3. The molecule has 0 spiro atoms. The van der Waals surface area contributed by atoms with Gasteiger partial charge in [0.25, 0.3) is 0 Å². The highest BCUT2D eigenvalue weighted by atomic mass is 16.3. The molecule has 2 rings (SSSR count). The van der Waals surface area contributed by atoms with E-state index in [0.29, 0.717) is 19.4 Å². The molecule has 3 N–H and O–H groups in total. The monoisotopic (exact) mass is 349 g/mol. The minimum absolute atomic E-state index is 0.0218. The average Bonchev–Trinajstić information content (AvgIpc) is 2.88. The fraction of sp³-hybridized carbons (Fsp3) is 0.632. The zero-order valence-electron chi connectivity index (χ0n) is 15.3. The van der Waals surface area contributed by atoms with Gasteiger partial charge in [0, 0.05) is 19.5 Å². The Kier molecular flexibility index (Phi) is 7.38. The van der Waals surface area contributed by atoms with Gasteiger partial charge in [0.2, 0.25) is 5.91 Å². The maximum atomic E-state index is 12.4. The molecule has 0 unspecified atom stereocenters. The van der Waals surface area contributed by atoms with Gasteiger partial charge in [0.15, 0.2) is 0 Å². The molecule has 1 heterocycles. The average molecular weight is 349 g/mol. The SMILES string of the molecule is CN(C)CCCNC[C@]1(O)CN(C(=O)CCc2ccccc2)C[C@H]1O. The van der Waals surface area contributed by atoms with E-state index in [1.165, 1.54) is 0 Å². The van der Waals surface area contributed by atoms with Gasteiger partial charge in [-0.3, -0.25) is 4.79 Å². The standard InChI is InChI=1S/C19H31N3O3/c1-21(2)12-6-11-20-14-19(25)15-22(13-17(19)23)18(24)10-9-16-7-4-3-5-8-16/h3-5,7-8,17,20,23,25H,6,9-15H2,1-2H3/t17-,19+/m1/s1. The van der Waals surface area contributed by atoms with Crippen LogP contribution in [-0.4, -0.2) is 84.4 Å². The topological polar surface area (TPSA) is 76.0 Å². The van der Waals surface area contributed by atoms with Crippen molar-refractivity contribution in [3.8, 4) is 0 Å². The number of amides is 1. The number of nitrogens with one attached hydrogen (secondary N) is 1. The lowest BCUT2D eigenvalue weighted by atomic mass is 10.0. The van der Waals surface area contributed by atoms with Gasteiger partial charge in [0.1, 0.15) is 11.7 Å². The zero-order chi connectivity index (χ0) is 18.3. The predicted octanol–water partition coefficient (Wildman–Crippen LogP) is 0.0947. The number of hydrogen-bond acceptors (Lipinski definition) is 5. The summed E-state index contributed by atoms with van der Waals surface area (Å²) < 4.78 is 0. The molecule has 6 heteroatoms. The normalized spacial score (nSPS) is 23.4. The van der Waals surface area contributed by atoms with E-state index in [1.54, 1.807) is 4.90 Å². The van der Waals surface area contributed by atoms with Crippen LogP contribution in [-0.2, 0) is 11.2 Å². The number of aliphatic hydroxyl groups excluding tert-OH is 1. The Balaban J connectivity index is 1.75. The van der Waals surface area contributed by atoms with Crippen LogP contribution in [0.25, 0.3) is 0 Å². The second-order valence-corrected chi connectivity index (χ2v) is 7.21. The first-order chi connectivity index (χ1) is 11.9. The van der Waals surface area contributed by atoms with Crippen LogP contribution in [0, 0.1) is 0 Å². The minimum Gasteiger partial charge on any atom is -0.388 e. The summed E-state index contributed by atoms with van der Waals surface area (Å²) in [4.78, 5) is 16.1. The number of carbonyl (C=O) groups excluding carboxylic acids is 1. The van der Waals surface area contributed by atoms with Crippen molar-refractivity contribution in [2.45, 2.75) is 31.0 Å². The Morgan fingerprint density at radius 1 is 1.36 bits per heavy atom. The highest BCUT2D eigenvalue weighted by molar-refractivity contribution is 5.77. The third-order valence-electron chi connectivity index (χ3n) is 4.69. The Morgan fingerprint density at radius 3 is 2.76 bits per heavy atom.